The number of methoxy groups -OCH3 is 2. The summed E-state index contributed by atoms with van der Waals surface area (Å²) in [4.78, 5) is 0. The van der Waals surface area contributed by atoms with Gasteiger partial charge in [-0.1, -0.05) is 36.1 Å². The Bertz CT molecular complexity index is 504. The molecule has 0 saturated heterocycles. The van der Waals surface area contributed by atoms with Crippen LogP contribution >= 0.6 is 0 Å². The minimum atomic E-state index is 0. The molecule has 0 N–H and O–H groups in total. The maximum atomic E-state index is 4.66. The molecule has 2 aliphatic carbocycles. The summed E-state index contributed by atoms with van der Waals surface area (Å²) in [6.07, 6.45) is 0. The van der Waals surface area contributed by atoms with Gasteiger partial charge in [-0.15, -0.1) is 0 Å². The van der Waals surface area contributed by atoms with Crippen molar-refractivity contribution < 1.29 is 9.47 Å². The van der Waals surface area contributed by atoms with E-state index in [-0.39, 0.29) is 48.9 Å². The number of hydrogen-bond acceptors (Lipinski definition) is 2. The van der Waals surface area contributed by atoms with Crippen molar-refractivity contribution in [3.8, 4) is 0 Å². The Morgan fingerprint density at radius 2 is 0.704 bits per heavy atom. The molecule has 0 spiro atoms. The standard InChI is InChI=1S/2C10H16.C4H10O2.Ba.2H/c2*1-6-7(2)9(4)10(5)8(6)3;1-5-3-4-6-2;;;/h2*6H,1-5H3;3-4H2,1-2H3;;;. The zero-order chi connectivity index (χ0) is 20.6. The van der Waals surface area contributed by atoms with Gasteiger partial charge < -0.3 is 9.47 Å². The van der Waals surface area contributed by atoms with Gasteiger partial charge in [-0.2, -0.15) is 0 Å². The first-order valence-corrected chi connectivity index (χ1v) is 9.70. The number of rotatable bonds is 3. The van der Waals surface area contributed by atoms with Crippen LogP contribution in [0.2, 0.25) is 0 Å². The van der Waals surface area contributed by atoms with E-state index in [1.54, 1.807) is 36.5 Å². The number of allylic oxidation sites excluding steroid dienone is 8. The fraction of sp³-hybridized carbons (Fsp3) is 0.667. The Hall–Kier alpha value is 0.451. The summed E-state index contributed by atoms with van der Waals surface area (Å²) in [6, 6.07) is 0. The predicted octanol–water partition coefficient (Wildman–Crippen LogP) is 5.98. The van der Waals surface area contributed by atoms with Gasteiger partial charge in [0.05, 0.1) is 13.2 Å². The van der Waals surface area contributed by atoms with Crippen LogP contribution < -0.4 is 0 Å². The zero-order valence-electron chi connectivity index (χ0n) is 19.4. The third-order valence-corrected chi connectivity index (χ3v) is 6.58. The molecule has 2 aliphatic rings. The molecule has 0 atom stereocenters. The summed E-state index contributed by atoms with van der Waals surface area (Å²) in [5.41, 5.74) is 12.2. The molecule has 0 bridgehead atoms. The maximum absolute atomic E-state index is 4.66. The minimum absolute atomic E-state index is 0. The summed E-state index contributed by atoms with van der Waals surface area (Å²) in [5.74, 6) is 1.39. The van der Waals surface area contributed by atoms with E-state index in [1.165, 1.54) is 22.3 Å². The molecule has 0 fully saturated rings. The summed E-state index contributed by atoms with van der Waals surface area (Å²) in [7, 11) is 3.30. The summed E-state index contributed by atoms with van der Waals surface area (Å²) >= 11 is 0. The Morgan fingerprint density at radius 1 is 0.519 bits per heavy atom. The molecule has 0 aromatic heterocycles. The van der Waals surface area contributed by atoms with Crippen LogP contribution in [0.5, 0.6) is 0 Å². The van der Waals surface area contributed by atoms with Crippen LogP contribution in [0.4, 0.5) is 0 Å². The first kappa shape index (κ1) is 29.7. The average Bonchev–Trinajstić information content (AvgIpc) is 2.91. The van der Waals surface area contributed by atoms with Gasteiger partial charge >= 0.3 is 48.9 Å². The first-order chi connectivity index (χ1) is 12.0. The van der Waals surface area contributed by atoms with E-state index in [2.05, 4.69) is 78.7 Å². The molecule has 0 amide bonds. The van der Waals surface area contributed by atoms with Crippen molar-refractivity contribution in [2.24, 2.45) is 11.8 Å². The molecule has 0 heterocycles. The van der Waals surface area contributed by atoms with Crippen LogP contribution in [-0.2, 0) is 9.47 Å². The molecule has 0 aromatic rings. The molecular formula is C24H44BaO2. The van der Waals surface area contributed by atoms with Crippen molar-refractivity contribution in [2.45, 2.75) is 69.2 Å². The molecule has 27 heavy (non-hydrogen) atoms. The molecule has 0 radical (unpaired) electrons. The van der Waals surface area contributed by atoms with Gasteiger partial charge in [-0.25, -0.2) is 0 Å². The summed E-state index contributed by atoms with van der Waals surface area (Å²) in [6.45, 7) is 23.8. The Labute approximate surface area is 209 Å². The topological polar surface area (TPSA) is 18.5 Å². The van der Waals surface area contributed by atoms with Gasteiger partial charge in [0.25, 0.3) is 0 Å². The normalized spacial score (nSPS) is 17.8. The van der Waals surface area contributed by atoms with Crippen molar-refractivity contribution in [3.05, 3.63) is 44.6 Å². The molecule has 2 rings (SSSR count). The second kappa shape index (κ2) is 14.4. The molecule has 3 heteroatoms. The van der Waals surface area contributed by atoms with Gasteiger partial charge in [-0.05, 0) is 89.5 Å². The van der Waals surface area contributed by atoms with Crippen LogP contribution in [-0.4, -0.2) is 76.3 Å². The van der Waals surface area contributed by atoms with E-state index in [9.17, 15) is 0 Å². The van der Waals surface area contributed by atoms with Gasteiger partial charge in [0.1, 0.15) is 0 Å². The predicted molar refractivity (Wildman–Crippen MR) is 124 cm³/mol. The van der Waals surface area contributed by atoms with Crippen molar-refractivity contribution in [3.63, 3.8) is 0 Å². The molecular weight excluding hydrogens is 458 g/mol. The molecule has 2 nitrogen and oxygen atoms in total. The second-order valence-corrected chi connectivity index (χ2v) is 7.66. The summed E-state index contributed by atoms with van der Waals surface area (Å²) in [5, 5.41) is 0. The molecule has 0 aliphatic heterocycles. The third kappa shape index (κ3) is 8.38. The molecule has 0 unspecified atom stereocenters. The van der Waals surface area contributed by atoms with Crippen molar-refractivity contribution in [1.29, 1.82) is 0 Å². The fourth-order valence-electron chi connectivity index (χ4n) is 3.30. The van der Waals surface area contributed by atoms with E-state index in [4.69, 9.17) is 0 Å². The Balaban J connectivity index is 0. The first-order valence-electron chi connectivity index (χ1n) is 9.70. The third-order valence-electron chi connectivity index (χ3n) is 6.58. The van der Waals surface area contributed by atoms with E-state index >= 15 is 0 Å². The van der Waals surface area contributed by atoms with Crippen molar-refractivity contribution >= 4 is 48.9 Å². The molecule has 154 valence electrons. The van der Waals surface area contributed by atoms with Crippen LogP contribution in [0.25, 0.3) is 0 Å². The quantitative estimate of drug-likeness (QED) is 0.350. The van der Waals surface area contributed by atoms with E-state index in [0.29, 0.717) is 25.0 Å². The average molecular weight is 502 g/mol. The molecule has 0 aromatic carbocycles. The van der Waals surface area contributed by atoms with E-state index in [1.807, 2.05) is 0 Å². The van der Waals surface area contributed by atoms with Crippen molar-refractivity contribution in [1.82, 2.24) is 0 Å². The van der Waals surface area contributed by atoms with Gasteiger partial charge in [-0.3, -0.25) is 0 Å². The molecule has 0 saturated carbocycles. The van der Waals surface area contributed by atoms with Crippen molar-refractivity contribution in [2.75, 3.05) is 27.4 Å². The second-order valence-electron chi connectivity index (χ2n) is 7.66. The number of hydrogen-bond donors (Lipinski definition) is 0. The van der Waals surface area contributed by atoms with Gasteiger partial charge in [0.2, 0.25) is 0 Å². The zero-order valence-corrected chi connectivity index (χ0v) is 19.4. The fourth-order valence-corrected chi connectivity index (χ4v) is 3.30. The van der Waals surface area contributed by atoms with Crippen LogP contribution in [0, 0.1) is 11.8 Å². The van der Waals surface area contributed by atoms with E-state index < -0.39 is 0 Å². The van der Waals surface area contributed by atoms with Crippen LogP contribution in [0.1, 0.15) is 69.2 Å². The Morgan fingerprint density at radius 3 is 0.778 bits per heavy atom. The Kier molecular flexibility index (Phi) is 15.9. The SMILES string of the molecule is CC1=C(C)C(C)C(C)=C1C.CC1=C(C)C(C)C(C)=C1C.COCCOC.[BaH2]. The van der Waals surface area contributed by atoms with Gasteiger partial charge in [0.15, 0.2) is 0 Å². The number of ether oxygens (including phenoxy) is 2. The van der Waals surface area contributed by atoms with Crippen LogP contribution in [0.15, 0.2) is 44.6 Å². The monoisotopic (exact) mass is 502 g/mol. The van der Waals surface area contributed by atoms with Gasteiger partial charge in [0, 0.05) is 14.2 Å². The van der Waals surface area contributed by atoms with Crippen LogP contribution in [0.3, 0.4) is 0 Å². The summed E-state index contributed by atoms with van der Waals surface area (Å²) < 4.78 is 9.31. The van der Waals surface area contributed by atoms with E-state index in [0.717, 1.165) is 0 Å².